The second-order valence-electron chi connectivity index (χ2n) is 5.41. The van der Waals surface area contributed by atoms with Crippen LogP contribution in [0.15, 0.2) is 53.4 Å². The monoisotopic (exact) mass is 362 g/mol. The second kappa shape index (κ2) is 8.02. The van der Waals surface area contributed by atoms with Crippen LogP contribution in [0.5, 0.6) is 5.75 Å². The van der Waals surface area contributed by atoms with Crippen LogP contribution in [0.4, 0.5) is 5.69 Å². The Hall–Kier alpha value is -2.54. The van der Waals surface area contributed by atoms with Gasteiger partial charge in [-0.3, -0.25) is 9.52 Å². The molecule has 2 rings (SSSR count). The molecule has 25 heavy (non-hydrogen) atoms. The van der Waals surface area contributed by atoms with Crippen LogP contribution in [-0.4, -0.2) is 39.4 Å². The van der Waals surface area contributed by atoms with Crippen molar-refractivity contribution in [3.05, 3.63) is 54.1 Å². The number of carbonyl (C=O) groups excluding carboxylic acids is 1. The normalized spacial score (nSPS) is 11.0. The number of carbonyl (C=O) groups is 1. The number of nitrogens with one attached hydrogen (secondary N) is 1. The molecule has 2 aromatic carbocycles. The molecule has 134 valence electrons. The van der Waals surface area contributed by atoms with Crippen molar-refractivity contribution in [2.45, 2.75) is 18.7 Å². The van der Waals surface area contributed by atoms with Crippen molar-refractivity contribution in [2.24, 2.45) is 0 Å². The number of hydrogen-bond donors (Lipinski definition) is 1. The maximum absolute atomic E-state index is 12.6. The fourth-order valence-electron chi connectivity index (χ4n) is 2.16. The molecule has 0 aliphatic heterocycles. The lowest BCUT2D eigenvalue weighted by molar-refractivity contribution is 0.0802. The zero-order valence-electron chi connectivity index (χ0n) is 14.5. The second-order valence-corrected chi connectivity index (χ2v) is 7.09. The van der Waals surface area contributed by atoms with Gasteiger partial charge in [0.1, 0.15) is 5.75 Å². The van der Waals surface area contributed by atoms with Gasteiger partial charge in [0.25, 0.3) is 15.9 Å². The van der Waals surface area contributed by atoms with Gasteiger partial charge in [-0.05, 0) is 56.3 Å². The number of benzene rings is 2. The van der Waals surface area contributed by atoms with Crippen molar-refractivity contribution >= 4 is 21.6 Å². The predicted octanol–water partition coefficient (Wildman–Crippen LogP) is 2.98. The number of hydrogen-bond acceptors (Lipinski definition) is 4. The summed E-state index contributed by atoms with van der Waals surface area (Å²) in [5, 5.41) is 0. The maximum atomic E-state index is 12.6. The molecule has 0 radical (unpaired) electrons. The smallest absolute Gasteiger partial charge is 0.261 e. The molecule has 0 fully saturated rings. The van der Waals surface area contributed by atoms with E-state index in [2.05, 4.69) is 4.72 Å². The molecule has 0 saturated heterocycles. The minimum atomic E-state index is -3.79. The first-order chi connectivity index (χ1) is 11.9. The van der Waals surface area contributed by atoms with Crippen molar-refractivity contribution in [3.8, 4) is 5.75 Å². The molecule has 1 N–H and O–H groups in total. The van der Waals surface area contributed by atoms with Crippen LogP contribution in [-0.2, 0) is 10.0 Å². The van der Waals surface area contributed by atoms with E-state index in [1.165, 1.54) is 17.0 Å². The quantitative estimate of drug-likeness (QED) is 0.822. The number of sulfonamides is 1. The van der Waals surface area contributed by atoms with Gasteiger partial charge in [-0.2, -0.15) is 0 Å². The number of rotatable bonds is 7. The highest BCUT2D eigenvalue weighted by Gasteiger charge is 2.17. The van der Waals surface area contributed by atoms with Gasteiger partial charge in [-0.1, -0.05) is 6.07 Å². The summed E-state index contributed by atoms with van der Waals surface area (Å²) in [5.41, 5.74) is 0.754. The van der Waals surface area contributed by atoms with Gasteiger partial charge < -0.3 is 9.64 Å². The average Bonchev–Trinajstić information content (AvgIpc) is 2.62. The van der Waals surface area contributed by atoms with E-state index in [9.17, 15) is 13.2 Å². The van der Waals surface area contributed by atoms with Crippen molar-refractivity contribution in [1.82, 2.24) is 4.90 Å². The van der Waals surface area contributed by atoms with E-state index in [1.54, 1.807) is 43.4 Å². The zero-order valence-corrected chi connectivity index (χ0v) is 15.3. The van der Waals surface area contributed by atoms with Crippen LogP contribution in [0.3, 0.4) is 0 Å². The first kappa shape index (κ1) is 18.8. The summed E-state index contributed by atoms with van der Waals surface area (Å²) >= 11 is 0. The molecule has 0 aliphatic carbocycles. The van der Waals surface area contributed by atoms with Gasteiger partial charge in [-0.25, -0.2) is 8.42 Å². The molecule has 0 atom stereocenters. The Kier molecular flexibility index (Phi) is 6.03. The van der Waals surface area contributed by atoms with Crippen LogP contribution in [0.1, 0.15) is 24.2 Å². The van der Waals surface area contributed by atoms with Gasteiger partial charge in [0, 0.05) is 24.8 Å². The minimum absolute atomic E-state index is 0.0386. The van der Waals surface area contributed by atoms with Crippen LogP contribution < -0.4 is 9.46 Å². The van der Waals surface area contributed by atoms with Gasteiger partial charge in [-0.15, -0.1) is 0 Å². The van der Waals surface area contributed by atoms with Crippen LogP contribution >= 0.6 is 0 Å². The number of amides is 1. The average molecular weight is 362 g/mol. The summed E-state index contributed by atoms with van der Waals surface area (Å²) in [6.45, 7) is 4.81. The summed E-state index contributed by atoms with van der Waals surface area (Å²) in [5.74, 6) is 0.446. The standard InChI is InChI=1S/C18H22N2O4S/c1-4-20(3)18(21)14-7-6-8-17(13-14)25(22,23)19-15-9-11-16(12-10-15)24-5-2/h6-13,19H,4-5H2,1-3H3. The Balaban J connectivity index is 2.23. The summed E-state index contributed by atoms with van der Waals surface area (Å²) in [6.07, 6.45) is 0. The van der Waals surface area contributed by atoms with E-state index in [4.69, 9.17) is 4.74 Å². The first-order valence-electron chi connectivity index (χ1n) is 7.98. The van der Waals surface area contributed by atoms with Crippen molar-refractivity contribution < 1.29 is 17.9 Å². The predicted molar refractivity (Wildman–Crippen MR) is 97.5 cm³/mol. The first-order valence-corrected chi connectivity index (χ1v) is 9.47. The summed E-state index contributed by atoms with van der Waals surface area (Å²) in [4.78, 5) is 13.8. The molecule has 0 unspecified atom stereocenters. The van der Waals surface area contributed by atoms with Crippen molar-refractivity contribution in [3.63, 3.8) is 0 Å². The SMILES string of the molecule is CCOc1ccc(NS(=O)(=O)c2cccc(C(=O)N(C)CC)c2)cc1. The van der Waals surface area contributed by atoms with Gasteiger partial charge >= 0.3 is 0 Å². The van der Waals surface area contributed by atoms with E-state index in [0.29, 0.717) is 30.2 Å². The molecule has 6 nitrogen and oxygen atoms in total. The largest absolute Gasteiger partial charge is 0.494 e. The lowest BCUT2D eigenvalue weighted by Crippen LogP contribution is -2.26. The zero-order chi connectivity index (χ0) is 18.4. The fourth-order valence-corrected chi connectivity index (χ4v) is 3.26. The molecule has 1 amide bonds. The fraction of sp³-hybridized carbons (Fsp3) is 0.278. The summed E-state index contributed by atoms with van der Waals surface area (Å²) in [6, 6.07) is 12.6. The van der Waals surface area contributed by atoms with Crippen LogP contribution in [0.25, 0.3) is 0 Å². The molecule has 2 aromatic rings. The Morgan fingerprint density at radius 2 is 1.80 bits per heavy atom. The third kappa shape index (κ3) is 4.73. The molecular weight excluding hydrogens is 340 g/mol. The van der Waals surface area contributed by atoms with Gasteiger partial charge in [0.05, 0.1) is 11.5 Å². The third-order valence-corrected chi connectivity index (χ3v) is 5.01. The van der Waals surface area contributed by atoms with Gasteiger partial charge in [0.15, 0.2) is 0 Å². The molecule has 0 spiro atoms. The van der Waals surface area contributed by atoms with E-state index in [-0.39, 0.29) is 10.8 Å². The lowest BCUT2D eigenvalue weighted by atomic mass is 10.2. The Bertz CT molecular complexity index is 832. The van der Waals surface area contributed by atoms with Crippen LogP contribution in [0.2, 0.25) is 0 Å². The maximum Gasteiger partial charge on any atom is 0.261 e. The van der Waals surface area contributed by atoms with E-state index < -0.39 is 10.0 Å². The molecule has 0 heterocycles. The Morgan fingerprint density at radius 3 is 2.40 bits per heavy atom. The highest BCUT2D eigenvalue weighted by Crippen LogP contribution is 2.20. The number of nitrogens with zero attached hydrogens (tertiary/aromatic N) is 1. The molecular formula is C18H22N2O4S. The minimum Gasteiger partial charge on any atom is -0.494 e. The van der Waals surface area contributed by atoms with Gasteiger partial charge in [0.2, 0.25) is 0 Å². The molecule has 0 aromatic heterocycles. The number of anilines is 1. The summed E-state index contributed by atoms with van der Waals surface area (Å²) in [7, 11) is -2.12. The van der Waals surface area contributed by atoms with E-state index >= 15 is 0 Å². The molecule has 0 bridgehead atoms. The highest BCUT2D eigenvalue weighted by atomic mass is 32.2. The van der Waals surface area contributed by atoms with E-state index in [1.807, 2.05) is 13.8 Å². The van der Waals surface area contributed by atoms with Crippen molar-refractivity contribution in [1.29, 1.82) is 0 Å². The third-order valence-electron chi connectivity index (χ3n) is 3.63. The topological polar surface area (TPSA) is 75.7 Å². The number of ether oxygens (including phenoxy) is 1. The van der Waals surface area contributed by atoms with Crippen LogP contribution in [0, 0.1) is 0 Å². The van der Waals surface area contributed by atoms with E-state index in [0.717, 1.165) is 0 Å². The summed E-state index contributed by atoms with van der Waals surface area (Å²) < 4.78 is 33.0. The Morgan fingerprint density at radius 1 is 1.12 bits per heavy atom. The van der Waals surface area contributed by atoms with Crippen molar-refractivity contribution in [2.75, 3.05) is 24.9 Å². The lowest BCUT2D eigenvalue weighted by Gasteiger charge is -2.15. The molecule has 7 heteroatoms. The molecule has 0 saturated carbocycles. The molecule has 0 aliphatic rings. The Labute approximate surface area is 148 Å². The highest BCUT2D eigenvalue weighted by molar-refractivity contribution is 7.92.